The van der Waals surface area contributed by atoms with Gasteiger partial charge in [-0.25, -0.2) is 0 Å². The zero-order valence-corrected chi connectivity index (χ0v) is 18.1. The van der Waals surface area contributed by atoms with Crippen LogP contribution >= 0.6 is 0 Å². The van der Waals surface area contributed by atoms with E-state index in [9.17, 15) is 0 Å². The fraction of sp³-hybridized carbons (Fsp3) is 0.0833. The zero-order valence-electron chi connectivity index (χ0n) is 15.7. The second-order valence-corrected chi connectivity index (χ2v) is 6.28. The molecule has 0 fully saturated rings. The predicted octanol–water partition coefficient (Wildman–Crippen LogP) is 5.87. The zero-order chi connectivity index (χ0) is 19.2. The first-order valence-corrected chi connectivity index (χ1v) is 8.69. The SMILES string of the molecule is CC(=[OH+])/C=C(/C)O.[Ir].[c-]1ccccc1-c1cc2c(ccc3ccccc32)cn1. The van der Waals surface area contributed by atoms with E-state index in [-0.39, 0.29) is 31.6 Å². The standard InChI is InChI=1S/C19H12N.C5H8O2.Ir/c1-2-7-15(8-3-1)19-12-18-16(13-20-19)11-10-14-6-4-5-9-17(14)18;1-4(6)3-5(2)7;/h1-7,9-13H;3,6H,1-2H3;/q-1;;/p+1/b;4-3-;. The van der Waals surface area contributed by atoms with Crippen molar-refractivity contribution in [3.63, 3.8) is 0 Å². The molecule has 1 aromatic heterocycles. The van der Waals surface area contributed by atoms with E-state index < -0.39 is 0 Å². The summed E-state index contributed by atoms with van der Waals surface area (Å²) in [5, 5.41) is 13.3. The van der Waals surface area contributed by atoms with Crippen molar-refractivity contribution in [2.45, 2.75) is 13.8 Å². The minimum Gasteiger partial charge on any atom is -0.512 e. The Morgan fingerprint density at radius 1 is 0.964 bits per heavy atom. The number of rotatable bonds is 2. The smallest absolute Gasteiger partial charge is 0.316 e. The molecule has 0 spiro atoms. The van der Waals surface area contributed by atoms with Gasteiger partial charge in [-0.15, -0.1) is 35.9 Å². The van der Waals surface area contributed by atoms with E-state index in [4.69, 9.17) is 9.90 Å². The molecule has 0 atom stereocenters. The molecule has 0 aliphatic heterocycles. The molecule has 28 heavy (non-hydrogen) atoms. The third-order valence-corrected chi connectivity index (χ3v) is 4.03. The third kappa shape index (κ3) is 5.35. The first-order chi connectivity index (χ1) is 13.0. The molecule has 0 saturated carbocycles. The number of allylic oxidation sites excluding steroid dienone is 2. The molecule has 4 aromatic rings. The van der Waals surface area contributed by atoms with Crippen LogP contribution in [0.4, 0.5) is 0 Å². The van der Waals surface area contributed by atoms with Gasteiger partial charge in [0.2, 0.25) is 0 Å². The van der Waals surface area contributed by atoms with Crippen molar-refractivity contribution in [1.82, 2.24) is 4.98 Å². The minimum absolute atomic E-state index is 0. The molecular formula is C24H21IrNO2. The van der Waals surface area contributed by atoms with E-state index in [0.717, 1.165) is 11.3 Å². The van der Waals surface area contributed by atoms with Crippen LogP contribution in [0.3, 0.4) is 0 Å². The summed E-state index contributed by atoms with van der Waals surface area (Å²) < 4.78 is 0. The molecule has 0 aliphatic carbocycles. The molecule has 4 rings (SSSR count). The summed E-state index contributed by atoms with van der Waals surface area (Å²) in [6.45, 7) is 3.00. The van der Waals surface area contributed by atoms with Gasteiger partial charge in [0.05, 0.1) is 18.8 Å². The van der Waals surface area contributed by atoms with Gasteiger partial charge in [0.1, 0.15) is 0 Å². The molecule has 1 radical (unpaired) electrons. The molecule has 1 heterocycles. The second kappa shape index (κ2) is 9.93. The van der Waals surface area contributed by atoms with Crippen LogP contribution in [0.1, 0.15) is 13.8 Å². The van der Waals surface area contributed by atoms with E-state index >= 15 is 0 Å². The average Bonchev–Trinajstić information content (AvgIpc) is 2.67. The van der Waals surface area contributed by atoms with Crippen LogP contribution in [0.25, 0.3) is 32.8 Å². The molecule has 3 nitrogen and oxygen atoms in total. The van der Waals surface area contributed by atoms with E-state index in [2.05, 4.69) is 53.5 Å². The quantitative estimate of drug-likeness (QED) is 0.112. The van der Waals surface area contributed by atoms with Crippen molar-refractivity contribution >= 4 is 27.3 Å². The fourth-order valence-electron chi connectivity index (χ4n) is 2.90. The monoisotopic (exact) mass is 548 g/mol. The van der Waals surface area contributed by atoms with Crippen LogP contribution in [0.2, 0.25) is 0 Å². The summed E-state index contributed by atoms with van der Waals surface area (Å²) >= 11 is 0. The van der Waals surface area contributed by atoms with Crippen LogP contribution in [-0.4, -0.2) is 20.7 Å². The molecule has 2 N–H and O–H groups in total. The molecule has 4 heteroatoms. The van der Waals surface area contributed by atoms with Crippen LogP contribution in [0, 0.1) is 6.07 Å². The largest absolute Gasteiger partial charge is 0.512 e. The van der Waals surface area contributed by atoms with Crippen LogP contribution in [-0.2, 0) is 20.1 Å². The number of fused-ring (bicyclic) bond motifs is 3. The maximum atomic E-state index is 8.40. The summed E-state index contributed by atoms with van der Waals surface area (Å²) in [5.41, 5.74) is 2.00. The van der Waals surface area contributed by atoms with E-state index in [1.165, 1.54) is 41.5 Å². The third-order valence-electron chi connectivity index (χ3n) is 4.03. The van der Waals surface area contributed by atoms with Gasteiger partial charge >= 0.3 is 5.78 Å². The Labute approximate surface area is 178 Å². The molecule has 0 unspecified atom stereocenters. The number of hydrogen-bond acceptors (Lipinski definition) is 2. The van der Waals surface area contributed by atoms with Gasteiger partial charge in [0.25, 0.3) is 0 Å². The Bertz CT molecular complexity index is 1120. The van der Waals surface area contributed by atoms with Crippen LogP contribution < -0.4 is 0 Å². The molecule has 0 bridgehead atoms. The van der Waals surface area contributed by atoms with Crippen LogP contribution in [0.15, 0.2) is 84.8 Å². The number of hydrogen-bond donors (Lipinski definition) is 1. The molecule has 0 saturated heterocycles. The molecular weight excluding hydrogens is 526 g/mol. The Morgan fingerprint density at radius 2 is 1.68 bits per heavy atom. The summed E-state index contributed by atoms with van der Waals surface area (Å²) in [4.78, 5) is 13.0. The first kappa shape index (κ1) is 21.5. The second-order valence-electron chi connectivity index (χ2n) is 6.28. The van der Waals surface area contributed by atoms with Gasteiger partial charge in [-0.1, -0.05) is 42.5 Å². The number of benzene rings is 3. The molecule has 3 aromatic carbocycles. The first-order valence-electron chi connectivity index (χ1n) is 8.69. The topological polar surface area (TPSA) is 54.5 Å². The van der Waals surface area contributed by atoms with Crippen molar-refractivity contribution in [2.75, 3.05) is 0 Å². The number of pyridine rings is 1. The maximum absolute atomic E-state index is 8.40. The number of aliphatic hydroxyl groups excluding tert-OH is 1. The Kier molecular flexibility index (Phi) is 7.62. The van der Waals surface area contributed by atoms with Gasteiger partial charge in [-0.2, -0.15) is 0 Å². The Morgan fingerprint density at radius 3 is 2.32 bits per heavy atom. The van der Waals surface area contributed by atoms with Gasteiger partial charge in [-0.3, -0.25) is 4.79 Å². The minimum atomic E-state index is 0. The number of carbonyl (C=O) groups excluding carboxylic acids is 1. The number of aliphatic hydroxyl groups is 1. The van der Waals surface area contributed by atoms with Crippen molar-refractivity contribution in [3.05, 3.63) is 90.8 Å². The Balaban J connectivity index is 0.000000306. The van der Waals surface area contributed by atoms with Gasteiger partial charge in [0, 0.05) is 26.3 Å². The number of nitrogens with zero attached hydrogens (tertiary/aromatic N) is 1. The van der Waals surface area contributed by atoms with E-state index in [1.54, 1.807) is 0 Å². The summed E-state index contributed by atoms with van der Waals surface area (Å²) in [7, 11) is 0. The van der Waals surface area contributed by atoms with Gasteiger partial charge < -0.3 is 10.1 Å². The summed E-state index contributed by atoms with van der Waals surface area (Å²) in [5.74, 6) is 0.250. The van der Waals surface area contributed by atoms with E-state index in [1.807, 2.05) is 30.5 Å². The Hall–Kier alpha value is -2.81. The number of ketones is 1. The fourth-order valence-corrected chi connectivity index (χ4v) is 2.90. The van der Waals surface area contributed by atoms with Crippen molar-refractivity contribution < 1.29 is 30.0 Å². The normalized spacial score (nSPS) is 10.7. The van der Waals surface area contributed by atoms with Crippen molar-refractivity contribution in [1.29, 1.82) is 0 Å². The van der Waals surface area contributed by atoms with Crippen molar-refractivity contribution in [2.24, 2.45) is 0 Å². The van der Waals surface area contributed by atoms with Crippen molar-refractivity contribution in [3.8, 4) is 11.3 Å². The number of aromatic nitrogens is 1. The maximum Gasteiger partial charge on any atom is 0.316 e. The van der Waals surface area contributed by atoms with Gasteiger partial charge in [0.15, 0.2) is 0 Å². The van der Waals surface area contributed by atoms with Gasteiger partial charge in [-0.05, 0) is 34.2 Å². The summed E-state index contributed by atoms with van der Waals surface area (Å²) in [6.07, 6.45) is 3.22. The molecule has 0 amide bonds. The average molecular weight is 548 g/mol. The molecule has 0 aliphatic rings. The predicted molar refractivity (Wildman–Crippen MR) is 113 cm³/mol. The van der Waals surface area contributed by atoms with Crippen LogP contribution in [0.5, 0.6) is 0 Å². The molecule has 143 valence electrons. The summed E-state index contributed by atoms with van der Waals surface area (Å²) in [6, 6.07) is 26.1. The van der Waals surface area contributed by atoms with E-state index in [0.29, 0.717) is 0 Å².